The average Bonchev–Trinajstić information content (AvgIpc) is 1.63. The first-order valence-electron chi connectivity index (χ1n) is 2.91. The zero-order chi connectivity index (χ0) is 7.28. The first-order chi connectivity index (χ1) is 4.16. The van der Waals surface area contributed by atoms with Crippen LogP contribution in [0.15, 0.2) is 0 Å². The minimum atomic E-state index is -1.25. The van der Waals surface area contributed by atoms with Gasteiger partial charge in [0.1, 0.15) is 0 Å². The molecule has 0 aromatic rings. The van der Waals surface area contributed by atoms with Crippen LogP contribution < -0.4 is 5.73 Å². The largest absolute Gasteiger partial charge is 0.367 e. The van der Waals surface area contributed by atoms with Gasteiger partial charge in [0.05, 0.1) is 0 Å². The van der Waals surface area contributed by atoms with Crippen LogP contribution in [0.3, 0.4) is 0 Å². The lowest BCUT2D eigenvalue weighted by Gasteiger charge is -2.15. The van der Waals surface area contributed by atoms with Gasteiger partial charge in [-0.1, -0.05) is 0 Å². The third-order valence-corrected chi connectivity index (χ3v) is 0.986. The molecule has 0 saturated carbocycles. The molecule has 0 fully saturated rings. The van der Waals surface area contributed by atoms with E-state index in [1.165, 1.54) is 0 Å². The van der Waals surface area contributed by atoms with Crippen molar-refractivity contribution in [2.24, 2.45) is 5.73 Å². The van der Waals surface area contributed by atoms with Crippen LogP contribution in [0.4, 0.5) is 0 Å². The number of nitrogens with two attached hydrogens (primary N) is 1. The Bertz CT molecular complexity index is 72.7. The molecule has 0 aliphatic rings. The van der Waals surface area contributed by atoms with Crippen LogP contribution in [-0.2, 0) is 0 Å². The summed E-state index contributed by atoms with van der Waals surface area (Å²) in [6.45, 7) is 1.50. The lowest BCUT2D eigenvalue weighted by molar-refractivity contribution is -0.0567. The second kappa shape index (κ2) is 7.24. The van der Waals surface area contributed by atoms with Crippen molar-refractivity contribution in [3.8, 4) is 0 Å². The number of hydrogen-bond donors (Lipinski definition) is 3. The maximum Gasteiger partial charge on any atom is 0.164 e. The van der Waals surface area contributed by atoms with Crippen LogP contribution in [0.5, 0.6) is 0 Å². The van der Waals surface area contributed by atoms with Gasteiger partial charge in [-0.2, -0.15) is 0 Å². The van der Waals surface area contributed by atoms with Gasteiger partial charge < -0.3 is 20.8 Å². The highest BCUT2D eigenvalue weighted by atomic mass is 35.5. The molecule has 0 aliphatic heterocycles. The second-order valence-corrected chi connectivity index (χ2v) is 2.03. The van der Waals surface area contributed by atoms with Gasteiger partial charge in [0.15, 0.2) is 6.29 Å². The Morgan fingerprint density at radius 1 is 1.50 bits per heavy atom. The van der Waals surface area contributed by atoms with Gasteiger partial charge in [0.25, 0.3) is 0 Å². The lowest BCUT2D eigenvalue weighted by atomic mass is 10.5. The number of likely N-dealkylation sites (N-methyl/N-ethyl adjacent to an activating group) is 1. The Kier molecular flexibility index (Phi) is 9.25. The third-order valence-electron chi connectivity index (χ3n) is 0.986. The molecule has 0 spiro atoms. The summed E-state index contributed by atoms with van der Waals surface area (Å²) in [5.74, 6) is 0. The standard InChI is InChI=1S/C5H14N2O2.ClH/c1-7(3-2-6)4-5(8)9;/h5,8-9H,2-4,6H2,1H3;1H. The fourth-order valence-electron chi connectivity index (χ4n) is 0.590. The van der Waals surface area contributed by atoms with E-state index in [0.29, 0.717) is 13.1 Å². The number of aliphatic hydroxyl groups is 2. The summed E-state index contributed by atoms with van der Waals surface area (Å²) in [7, 11) is 1.78. The highest BCUT2D eigenvalue weighted by Gasteiger charge is 2.00. The zero-order valence-electron chi connectivity index (χ0n) is 6.03. The van der Waals surface area contributed by atoms with Crippen LogP contribution in [0.1, 0.15) is 0 Å². The number of rotatable bonds is 4. The van der Waals surface area contributed by atoms with Crippen molar-refractivity contribution in [3.63, 3.8) is 0 Å². The van der Waals surface area contributed by atoms with Gasteiger partial charge >= 0.3 is 0 Å². The Morgan fingerprint density at radius 3 is 2.30 bits per heavy atom. The van der Waals surface area contributed by atoms with Crippen molar-refractivity contribution < 1.29 is 10.2 Å². The minimum Gasteiger partial charge on any atom is -0.367 e. The summed E-state index contributed by atoms with van der Waals surface area (Å²) in [6, 6.07) is 0. The molecule has 0 rings (SSSR count). The van der Waals surface area contributed by atoms with Crippen molar-refractivity contribution in [1.29, 1.82) is 0 Å². The maximum atomic E-state index is 8.42. The Hall–Kier alpha value is 0.130. The van der Waals surface area contributed by atoms with E-state index in [9.17, 15) is 0 Å². The first kappa shape index (κ1) is 12.8. The molecule has 0 aromatic carbocycles. The topological polar surface area (TPSA) is 69.7 Å². The SMILES string of the molecule is CN(CCN)CC(O)O.Cl. The molecule has 64 valence electrons. The Balaban J connectivity index is 0. The van der Waals surface area contributed by atoms with Gasteiger partial charge in [-0.05, 0) is 7.05 Å². The summed E-state index contributed by atoms with van der Waals surface area (Å²) < 4.78 is 0. The van der Waals surface area contributed by atoms with Crippen molar-refractivity contribution in [2.45, 2.75) is 6.29 Å². The normalized spacial score (nSPS) is 10.2. The monoisotopic (exact) mass is 170 g/mol. The highest BCUT2D eigenvalue weighted by Crippen LogP contribution is 1.82. The predicted octanol–water partition coefficient (Wildman–Crippen LogP) is -1.39. The molecule has 0 radical (unpaired) electrons. The molecular weight excluding hydrogens is 156 g/mol. The molecule has 0 unspecified atom stereocenters. The highest BCUT2D eigenvalue weighted by molar-refractivity contribution is 5.85. The van der Waals surface area contributed by atoms with E-state index in [1.54, 1.807) is 11.9 Å². The van der Waals surface area contributed by atoms with Crippen molar-refractivity contribution in [1.82, 2.24) is 4.90 Å². The average molecular weight is 171 g/mol. The first-order valence-corrected chi connectivity index (χ1v) is 2.91. The number of hydrogen-bond acceptors (Lipinski definition) is 4. The molecular formula is C5H15ClN2O2. The number of halogens is 1. The van der Waals surface area contributed by atoms with Gasteiger partial charge in [0.2, 0.25) is 0 Å². The van der Waals surface area contributed by atoms with E-state index in [1.807, 2.05) is 0 Å². The van der Waals surface area contributed by atoms with Crippen LogP contribution in [-0.4, -0.2) is 48.1 Å². The van der Waals surface area contributed by atoms with Crippen molar-refractivity contribution in [2.75, 3.05) is 26.7 Å². The van der Waals surface area contributed by atoms with E-state index in [0.717, 1.165) is 0 Å². The molecule has 0 aliphatic carbocycles. The van der Waals surface area contributed by atoms with E-state index in [4.69, 9.17) is 15.9 Å². The van der Waals surface area contributed by atoms with Gasteiger partial charge in [0, 0.05) is 19.6 Å². The molecule has 0 atom stereocenters. The summed E-state index contributed by atoms with van der Waals surface area (Å²) in [6.07, 6.45) is -1.25. The van der Waals surface area contributed by atoms with Crippen LogP contribution in [0, 0.1) is 0 Å². The molecule has 0 amide bonds. The van der Waals surface area contributed by atoms with Crippen molar-refractivity contribution in [3.05, 3.63) is 0 Å². The Morgan fingerprint density at radius 2 is 2.00 bits per heavy atom. The predicted molar refractivity (Wildman–Crippen MR) is 42.0 cm³/mol. The van der Waals surface area contributed by atoms with Gasteiger partial charge in [-0.3, -0.25) is 0 Å². The summed E-state index contributed by atoms with van der Waals surface area (Å²) >= 11 is 0. The molecule has 0 saturated heterocycles. The van der Waals surface area contributed by atoms with Crippen LogP contribution in [0.2, 0.25) is 0 Å². The summed E-state index contributed by atoms with van der Waals surface area (Å²) in [5, 5.41) is 16.8. The lowest BCUT2D eigenvalue weighted by Crippen LogP contribution is -2.32. The number of aliphatic hydroxyl groups excluding tert-OH is 1. The van der Waals surface area contributed by atoms with Crippen LogP contribution >= 0.6 is 12.4 Å². The molecule has 4 nitrogen and oxygen atoms in total. The molecule has 0 heterocycles. The van der Waals surface area contributed by atoms with Crippen LogP contribution in [0.25, 0.3) is 0 Å². The smallest absolute Gasteiger partial charge is 0.164 e. The Labute approximate surface area is 67.0 Å². The third kappa shape index (κ3) is 8.13. The number of nitrogens with zero attached hydrogens (tertiary/aromatic N) is 1. The molecule has 0 aromatic heterocycles. The van der Waals surface area contributed by atoms with Gasteiger partial charge in [-0.15, -0.1) is 12.4 Å². The second-order valence-electron chi connectivity index (χ2n) is 2.03. The van der Waals surface area contributed by atoms with E-state index in [2.05, 4.69) is 0 Å². The minimum absolute atomic E-state index is 0. The van der Waals surface area contributed by atoms with Crippen molar-refractivity contribution >= 4 is 12.4 Å². The molecule has 0 bridgehead atoms. The molecule has 10 heavy (non-hydrogen) atoms. The zero-order valence-corrected chi connectivity index (χ0v) is 6.84. The van der Waals surface area contributed by atoms with E-state index < -0.39 is 6.29 Å². The van der Waals surface area contributed by atoms with E-state index >= 15 is 0 Å². The molecule has 5 heteroatoms. The maximum absolute atomic E-state index is 8.42. The molecule has 4 N–H and O–H groups in total. The fraction of sp³-hybridized carbons (Fsp3) is 1.00. The quantitative estimate of drug-likeness (QED) is 0.455. The summed E-state index contributed by atoms with van der Waals surface area (Å²) in [5.41, 5.74) is 5.20. The fourth-order valence-corrected chi connectivity index (χ4v) is 0.590. The van der Waals surface area contributed by atoms with Gasteiger partial charge in [-0.25, -0.2) is 0 Å². The summed E-state index contributed by atoms with van der Waals surface area (Å²) in [4.78, 5) is 1.75. The van der Waals surface area contributed by atoms with E-state index in [-0.39, 0.29) is 19.0 Å².